The summed E-state index contributed by atoms with van der Waals surface area (Å²) in [6.45, 7) is 0.447. The van der Waals surface area contributed by atoms with Crippen molar-refractivity contribution in [2.75, 3.05) is 19.7 Å². The van der Waals surface area contributed by atoms with E-state index >= 15 is 0 Å². The van der Waals surface area contributed by atoms with Crippen LogP contribution >= 0.6 is 0 Å². The Kier molecular flexibility index (Phi) is 11.8. The minimum atomic E-state index is -0.901. The summed E-state index contributed by atoms with van der Waals surface area (Å²) >= 11 is 0. The molecule has 0 saturated heterocycles. The number of amides is 2. The van der Waals surface area contributed by atoms with E-state index in [2.05, 4.69) is 4.99 Å². The summed E-state index contributed by atoms with van der Waals surface area (Å²) in [7, 11) is 0. The van der Waals surface area contributed by atoms with Gasteiger partial charge in [0, 0.05) is 19.7 Å². The first-order chi connectivity index (χ1) is 17.3. The van der Waals surface area contributed by atoms with Crippen LogP contribution in [-0.2, 0) is 9.59 Å². The molecule has 1 atom stereocenters. The van der Waals surface area contributed by atoms with Gasteiger partial charge in [-0.15, -0.1) is 0 Å². The number of unbranched alkanes of at least 4 members (excludes halogenated alkanes) is 2. The topological polar surface area (TPSA) is 177 Å². The van der Waals surface area contributed by atoms with Gasteiger partial charge in [-0.25, -0.2) is 15.1 Å². The van der Waals surface area contributed by atoms with Crippen molar-refractivity contribution >= 4 is 17.8 Å². The molecule has 0 unspecified atom stereocenters. The molecule has 2 aromatic rings. The number of aliphatic hydroxyl groups is 1. The zero-order chi connectivity index (χ0) is 26.3. The molecular weight excluding hydrogens is 464 g/mol. The number of hydrazine groups is 1. The number of benzene rings is 2. The van der Waals surface area contributed by atoms with Gasteiger partial charge in [-0.3, -0.25) is 9.59 Å². The lowest BCUT2D eigenvalue weighted by atomic mass is 9.89. The van der Waals surface area contributed by atoms with Gasteiger partial charge >= 0.3 is 0 Å². The van der Waals surface area contributed by atoms with E-state index in [0.717, 1.165) is 11.1 Å². The quantitative estimate of drug-likeness (QED) is 0.0945. The number of primary amides is 1. The van der Waals surface area contributed by atoms with Crippen molar-refractivity contribution in [3.63, 3.8) is 0 Å². The number of nitrogens with two attached hydrogens (primary N) is 2. The highest BCUT2D eigenvalue weighted by atomic mass is 16.7. The van der Waals surface area contributed by atoms with Gasteiger partial charge in [0.1, 0.15) is 6.04 Å². The molecule has 2 aromatic carbocycles. The normalized spacial score (nSPS) is 12.2. The molecule has 0 heterocycles. The van der Waals surface area contributed by atoms with Crippen molar-refractivity contribution in [2.45, 2.75) is 44.1 Å². The highest BCUT2D eigenvalue weighted by Gasteiger charge is 2.33. The summed E-state index contributed by atoms with van der Waals surface area (Å²) in [5.41, 5.74) is 14.5. The second-order valence-electron chi connectivity index (χ2n) is 8.27. The first kappa shape index (κ1) is 28.2. The fraction of sp³-hybridized carbons (Fsp3) is 0.400. The lowest BCUT2D eigenvalue weighted by molar-refractivity contribution is -0.525. The number of carbonyl (C=O) groups excluding carboxylic acids is 2. The van der Waals surface area contributed by atoms with Crippen molar-refractivity contribution < 1.29 is 19.7 Å². The van der Waals surface area contributed by atoms with E-state index in [1.165, 1.54) is 4.90 Å². The van der Waals surface area contributed by atoms with E-state index in [4.69, 9.17) is 16.6 Å². The first-order valence-corrected chi connectivity index (χ1v) is 11.9. The Morgan fingerprint density at radius 3 is 2.06 bits per heavy atom. The van der Waals surface area contributed by atoms with Crippen molar-refractivity contribution in [2.24, 2.45) is 16.5 Å². The molecule has 194 valence electrons. The van der Waals surface area contributed by atoms with Crippen molar-refractivity contribution in [3.05, 3.63) is 81.9 Å². The molecule has 0 bridgehead atoms. The molecule has 2 amide bonds. The summed E-state index contributed by atoms with van der Waals surface area (Å²) in [4.78, 5) is 42.4. The summed E-state index contributed by atoms with van der Waals surface area (Å²) in [5, 5.41) is 18.8. The number of nitrogens with one attached hydrogen (secondary N) is 1. The maximum absolute atomic E-state index is 14.1. The molecular formula is C25H34N6O5. The summed E-state index contributed by atoms with van der Waals surface area (Å²) < 4.78 is 0. The molecule has 0 spiro atoms. The third-order valence-electron chi connectivity index (χ3n) is 5.68. The fourth-order valence-corrected chi connectivity index (χ4v) is 3.99. The lowest BCUT2D eigenvalue weighted by Gasteiger charge is -2.33. The molecule has 11 heteroatoms. The largest absolute Gasteiger partial charge is 0.396 e. The Balaban J connectivity index is 2.32. The Labute approximate surface area is 210 Å². The molecule has 2 rings (SSSR count). The molecule has 0 aliphatic rings. The minimum absolute atomic E-state index is 0.0431. The molecule has 0 fully saturated rings. The predicted octanol–water partition coefficient (Wildman–Crippen LogP) is 1.54. The monoisotopic (exact) mass is 498 g/mol. The Morgan fingerprint density at radius 1 is 0.972 bits per heavy atom. The maximum Gasteiger partial charge on any atom is 0.251 e. The van der Waals surface area contributed by atoms with E-state index in [1.54, 1.807) is 5.43 Å². The first-order valence-electron chi connectivity index (χ1n) is 11.9. The Hall–Kier alpha value is -3.99. The van der Waals surface area contributed by atoms with Gasteiger partial charge in [0.25, 0.3) is 5.96 Å². The van der Waals surface area contributed by atoms with Crippen LogP contribution in [0.2, 0.25) is 0 Å². The summed E-state index contributed by atoms with van der Waals surface area (Å²) in [6.07, 6.45) is 2.40. The molecule has 0 aliphatic heterocycles. The molecule has 0 radical (unpaired) electrons. The third-order valence-corrected chi connectivity index (χ3v) is 5.68. The van der Waals surface area contributed by atoms with Gasteiger partial charge < -0.3 is 21.5 Å². The van der Waals surface area contributed by atoms with Crippen molar-refractivity contribution in [1.29, 1.82) is 0 Å². The van der Waals surface area contributed by atoms with Crippen LogP contribution in [0.15, 0.2) is 65.7 Å². The van der Waals surface area contributed by atoms with Crippen LogP contribution in [0.3, 0.4) is 0 Å². The van der Waals surface area contributed by atoms with Crippen LogP contribution in [0.1, 0.15) is 49.1 Å². The SMILES string of the molecule is NC(=O)[C@@H](CCCN=C(N)N[N+](=O)[O-])N(CCCCCO)C(=O)C(c1ccccc1)c1ccccc1. The van der Waals surface area contributed by atoms with E-state index in [0.29, 0.717) is 25.7 Å². The third kappa shape index (κ3) is 8.99. The van der Waals surface area contributed by atoms with E-state index in [1.807, 2.05) is 60.7 Å². The smallest absolute Gasteiger partial charge is 0.251 e. The van der Waals surface area contributed by atoms with E-state index in [9.17, 15) is 19.7 Å². The molecule has 0 aromatic heterocycles. The highest BCUT2D eigenvalue weighted by molar-refractivity contribution is 5.92. The zero-order valence-electron chi connectivity index (χ0n) is 20.2. The van der Waals surface area contributed by atoms with Gasteiger partial charge in [-0.05, 0) is 43.2 Å². The number of guanidine groups is 1. The van der Waals surface area contributed by atoms with Crippen molar-refractivity contribution in [3.8, 4) is 0 Å². The number of rotatable bonds is 15. The standard InChI is InChI=1S/C25H34N6O5/c26-23(33)21(15-10-16-28-25(27)29-31(35)36)30(17-8-3-9-18-32)24(34)22(19-11-4-1-5-12-19)20-13-6-2-7-14-20/h1-2,4-7,11-14,21-22,32H,3,8-10,15-18H2,(H2,26,33)(H3,27,28,29)/t21-/m1/s1. The van der Waals surface area contributed by atoms with Gasteiger partial charge in [0.15, 0.2) is 5.03 Å². The van der Waals surface area contributed by atoms with Gasteiger partial charge in [0.2, 0.25) is 11.8 Å². The fourth-order valence-electron chi connectivity index (χ4n) is 3.99. The van der Waals surface area contributed by atoms with Gasteiger partial charge in [-0.1, -0.05) is 66.1 Å². The average Bonchev–Trinajstić information content (AvgIpc) is 2.85. The van der Waals surface area contributed by atoms with Gasteiger partial charge in [0.05, 0.1) is 5.92 Å². The molecule has 0 aliphatic carbocycles. The van der Waals surface area contributed by atoms with Crippen LogP contribution in [0, 0.1) is 10.1 Å². The summed E-state index contributed by atoms with van der Waals surface area (Å²) in [5.74, 6) is -1.88. The van der Waals surface area contributed by atoms with E-state index < -0.39 is 22.9 Å². The van der Waals surface area contributed by atoms with Crippen LogP contribution in [0.25, 0.3) is 0 Å². The number of nitro groups is 1. The molecule has 36 heavy (non-hydrogen) atoms. The average molecular weight is 499 g/mol. The minimum Gasteiger partial charge on any atom is -0.396 e. The Bertz CT molecular complexity index is 963. The number of hydrogen-bond acceptors (Lipinski definition) is 6. The number of aliphatic hydroxyl groups excluding tert-OH is 1. The maximum atomic E-state index is 14.1. The lowest BCUT2D eigenvalue weighted by Crippen LogP contribution is -2.50. The predicted molar refractivity (Wildman–Crippen MR) is 136 cm³/mol. The number of carbonyl (C=O) groups is 2. The molecule has 0 saturated carbocycles. The van der Waals surface area contributed by atoms with Crippen LogP contribution in [-0.4, -0.2) is 58.6 Å². The second kappa shape index (κ2) is 15.1. The number of aliphatic imine (C=N–C) groups is 1. The number of nitrogens with zero attached hydrogens (tertiary/aromatic N) is 3. The highest BCUT2D eigenvalue weighted by Crippen LogP contribution is 2.28. The zero-order valence-corrected chi connectivity index (χ0v) is 20.2. The van der Waals surface area contributed by atoms with Crippen LogP contribution < -0.4 is 16.9 Å². The van der Waals surface area contributed by atoms with Crippen LogP contribution in [0.5, 0.6) is 0 Å². The van der Waals surface area contributed by atoms with E-state index in [-0.39, 0.29) is 38.0 Å². The second-order valence-corrected chi connectivity index (χ2v) is 8.27. The van der Waals surface area contributed by atoms with Crippen LogP contribution in [0.4, 0.5) is 0 Å². The number of hydrogen-bond donors (Lipinski definition) is 4. The van der Waals surface area contributed by atoms with Gasteiger partial charge in [-0.2, -0.15) is 0 Å². The molecule has 6 N–H and O–H groups in total. The summed E-state index contributed by atoms with van der Waals surface area (Å²) in [6, 6.07) is 17.8. The van der Waals surface area contributed by atoms with Crippen molar-refractivity contribution in [1.82, 2.24) is 10.3 Å². The Morgan fingerprint density at radius 2 is 1.56 bits per heavy atom. The molecule has 11 nitrogen and oxygen atoms in total.